The number of benzene rings is 5. The third-order valence-electron chi connectivity index (χ3n) is 11.8. The van der Waals surface area contributed by atoms with Crippen LogP contribution in [0.1, 0.15) is 49.4 Å². The highest BCUT2D eigenvalue weighted by molar-refractivity contribution is 8.01. The van der Waals surface area contributed by atoms with Gasteiger partial charge in [0.15, 0.2) is 12.4 Å². The number of thioether (sulfide) groups is 1. The summed E-state index contributed by atoms with van der Waals surface area (Å²) in [6.45, 7) is 5.25. The highest BCUT2D eigenvalue weighted by atomic mass is 32.2. The molecule has 67 heavy (non-hydrogen) atoms. The summed E-state index contributed by atoms with van der Waals surface area (Å²) in [5, 5.41) is 3.06. The maximum atomic E-state index is 14.0. The molecule has 1 amide bonds. The molecule has 0 aliphatic carbocycles. The number of carbonyl (C=O) groups is 3. The van der Waals surface area contributed by atoms with Crippen molar-refractivity contribution in [3.05, 3.63) is 174 Å². The van der Waals surface area contributed by atoms with Gasteiger partial charge >= 0.3 is 11.9 Å². The predicted molar refractivity (Wildman–Crippen MR) is 248 cm³/mol. The van der Waals surface area contributed by atoms with Gasteiger partial charge in [0.1, 0.15) is 36.6 Å². The number of ether oxygens (including phenoxy) is 9. The fourth-order valence-corrected chi connectivity index (χ4v) is 9.93. The Labute approximate surface area is 395 Å². The van der Waals surface area contributed by atoms with Gasteiger partial charge in [0, 0.05) is 25.2 Å². The molecule has 4 heterocycles. The van der Waals surface area contributed by atoms with Crippen LogP contribution in [0.25, 0.3) is 0 Å². The van der Waals surface area contributed by atoms with Gasteiger partial charge in [-0.3, -0.25) is 14.4 Å². The number of carbonyl (C=O) groups excluding carboxylic acids is 3. The average Bonchev–Trinajstić information content (AvgIpc) is 3.33. The Bertz CT molecular complexity index is 2330. The van der Waals surface area contributed by atoms with Gasteiger partial charge in [0.25, 0.3) is 5.91 Å². The van der Waals surface area contributed by atoms with Gasteiger partial charge in [-0.1, -0.05) is 151 Å². The molecular weight excluding hydrogens is 875 g/mol. The fraction of sp³-hybridized carbons (Fsp3) is 0.377. The molecule has 9 rings (SSSR count). The molecule has 4 aliphatic rings. The van der Waals surface area contributed by atoms with Crippen molar-refractivity contribution in [1.29, 1.82) is 0 Å². The van der Waals surface area contributed by atoms with E-state index in [-0.39, 0.29) is 39.5 Å². The van der Waals surface area contributed by atoms with Crippen LogP contribution < -0.4 is 5.32 Å². The highest BCUT2D eigenvalue weighted by Gasteiger charge is 2.63. The third-order valence-corrected chi connectivity index (χ3v) is 13.1. The average molecular weight is 932 g/mol. The number of morpholine rings is 1. The van der Waals surface area contributed by atoms with E-state index in [0.717, 1.165) is 27.1 Å². The summed E-state index contributed by atoms with van der Waals surface area (Å²) in [5.41, 5.74) is 3.73. The van der Waals surface area contributed by atoms with Crippen molar-refractivity contribution >= 4 is 29.6 Å². The van der Waals surface area contributed by atoms with Gasteiger partial charge in [-0.25, -0.2) is 0 Å². The van der Waals surface area contributed by atoms with Crippen molar-refractivity contribution in [1.82, 2.24) is 5.32 Å². The number of hydrogen-bond donors (Lipinski definition) is 1. The van der Waals surface area contributed by atoms with E-state index in [1.165, 1.54) is 25.6 Å². The molecule has 11 atom stereocenters. The smallest absolute Gasteiger partial charge is 0.303 e. The maximum Gasteiger partial charge on any atom is 0.303 e. The summed E-state index contributed by atoms with van der Waals surface area (Å²) in [4.78, 5) is 39.2. The fourth-order valence-electron chi connectivity index (χ4n) is 8.69. The molecule has 0 radical (unpaired) electrons. The van der Waals surface area contributed by atoms with Gasteiger partial charge in [-0.2, -0.15) is 0 Å². The third kappa shape index (κ3) is 12.6. The molecule has 352 valence electrons. The largest absolute Gasteiger partial charge is 0.460 e. The van der Waals surface area contributed by atoms with Crippen LogP contribution >= 0.6 is 11.8 Å². The van der Waals surface area contributed by atoms with Gasteiger partial charge < -0.3 is 47.9 Å². The summed E-state index contributed by atoms with van der Waals surface area (Å²) >= 11 is 1.19. The second-order valence-electron chi connectivity index (χ2n) is 16.8. The molecule has 1 N–H and O–H groups in total. The summed E-state index contributed by atoms with van der Waals surface area (Å²) in [6.07, 6.45) is -8.35. The lowest BCUT2D eigenvalue weighted by molar-refractivity contribution is -0.340. The summed E-state index contributed by atoms with van der Waals surface area (Å²) in [6, 6.07) is 47.5. The molecule has 13 nitrogen and oxygen atoms in total. The molecule has 4 saturated heterocycles. The van der Waals surface area contributed by atoms with E-state index in [0.29, 0.717) is 0 Å². The van der Waals surface area contributed by atoms with Crippen molar-refractivity contribution in [3.63, 3.8) is 0 Å². The lowest BCUT2D eigenvalue weighted by Gasteiger charge is -2.54. The molecule has 0 saturated carbocycles. The number of piperidine rings is 1. The van der Waals surface area contributed by atoms with Gasteiger partial charge in [-0.05, 0) is 41.3 Å². The van der Waals surface area contributed by atoms with Crippen molar-refractivity contribution in [2.75, 3.05) is 6.61 Å². The zero-order valence-electron chi connectivity index (χ0n) is 37.8. The van der Waals surface area contributed by atoms with Crippen LogP contribution in [0.5, 0.6) is 0 Å². The second-order valence-corrected chi connectivity index (χ2v) is 18.2. The lowest BCUT2D eigenvalue weighted by atomic mass is 9.85. The Morgan fingerprint density at radius 1 is 0.672 bits per heavy atom. The highest BCUT2D eigenvalue weighted by Crippen LogP contribution is 2.48. The first kappa shape index (κ1) is 48.1. The van der Waals surface area contributed by atoms with Crippen molar-refractivity contribution in [2.45, 2.75) is 125 Å². The minimum absolute atomic E-state index is 0.0470. The van der Waals surface area contributed by atoms with E-state index in [1.54, 1.807) is 0 Å². The van der Waals surface area contributed by atoms with Gasteiger partial charge in [0.05, 0.1) is 45.2 Å². The number of nitrogens with one attached hydrogen (secondary N) is 1. The Morgan fingerprint density at radius 3 is 1.69 bits per heavy atom. The Morgan fingerprint density at radius 2 is 1.16 bits per heavy atom. The van der Waals surface area contributed by atoms with Crippen LogP contribution in [0, 0.1) is 0 Å². The second kappa shape index (κ2) is 23.1. The quantitative estimate of drug-likeness (QED) is 0.0718. The molecule has 5 aromatic rings. The molecule has 4 fully saturated rings. The van der Waals surface area contributed by atoms with E-state index in [1.807, 2.05) is 159 Å². The SMILES string of the molecule is CC(=O)O[C@@H]([C@@H]1O[C@]2(Sc3ccccc3)C[C@H](OC(C)=O)[C@H]1NC2=O)[C@@H](COCc1ccccc1)O[C@@H]1O[C@@H](C)[C@@H](OCc2ccccc2)[C@@H](OCc2ccccc2)[C@@H]1OCc1ccccc1. The minimum atomic E-state index is -1.58. The molecule has 5 aromatic carbocycles. The van der Waals surface area contributed by atoms with Gasteiger partial charge in [-0.15, -0.1) is 0 Å². The molecule has 4 aliphatic heterocycles. The Kier molecular flexibility index (Phi) is 16.5. The zero-order chi connectivity index (χ0) is 46.6. The molecule has 0 unspecified atom stereocenters. The summed E-state index contributed by atoms with van der Waals surface area (Å²) in [5.74, 6) is -1.58. The van der Waals surface area contributed by atoms with Crippen LogP contribution in [0.15, 0.2) is 157 Å². The first-order chi connectivity index (χ1) is 32.6. The molecule has 0 aromatic heterocycles. The number of fused-ring (bicyclic) bond motifs is 3. The standard InChI is InChI=1S/C53H57NO12S/c1-35-46(59-31-39-21-11-5-12-22-39)49(60-32-40-23-13-6-14-24-40)50(61-33-41-25-15-7-16-26-41)51(62-35)65-44(34-58-30-38-19-9-4-10-20-38)47(64-37(3)56)48-45-43(63-36(2)55)29-53(66-48,52(57)54-45)67-42-27-17-8-18-28-42/h4-28,35,43-51H,29-34H2,1-3H3,(H,54,57)/t35-,43-,44+,45+,46+,47+,48+,49+,50-,51-,53-/m0/s1. The first-order valence-corrected chi connectivity index (χ1v) is 23.4. The number of amides is 1. The number of rotatable bonds is 21. The van der Waals surface area contributed by atoms with E-state index in [9.17, 15) is 14.4 Å². The summed E-state index contributed by atoms with van der Waals surface area (Å²) in [7, 11) is 0. The first-order valence-electron chi connectivity index (χ1n) is 22.6. The number of esters is 2. The molecule has 2 bridgehead atoms. The van der Waals surface area contributed by atoms with E-state index < -0.39 is 83.9 Å². The summed E-state index contributed by atoms with van der Waals surface area (Å²) < 4.78 is 59.8. The van der Waals surface area contributed by atoms with Crippen LogP contribution in [-0.4, -0.2) is 90.5 Å². The topological polar surface area (TPSA) is 146 Å². The normalized spacial score (nSPS) is 26.5. The lowest BCUT2D eigenvalue weighted by Crippen LogP contribution is -2.75. The van der Waals surface area contributed by atoms with Crippen molar-refractivity contribution < 1.29 is 57.0 Å². The van der Waals surface area contributed by atoms with Crippen LogP contribution in [0.3, 0.4) is 0 Å². The van der Waals surface area contributed by atoms with Crippen LogP contribution in [0.4, 0.5) is 0 Å². The van der Waals surface area contributed by atoms with E-state index >= 15 is 0 Å². The Balaban J connectivity index is 1.17. The Hall–Kier alpha value is -5.42. The van der Waals surface area contributed by atoms with Crippen molar-refractivity contribution in [2.24, 2.45) is 0 Å². The predicted octanol–water partition coefficient (Wildman–Crippen LogP) is 7.73. The zero-order valence-corrected chi connectivity index (χ0v) is 38.6. The van der Waals surface area contributed by atoms with Gasteiger partial charge in [0.2, 0.25) is 4.93 Å². The number of hydrogen-bond acceptors (Lipinski definition) is 13. The monoisotopic (exact) mass is 931 g/mol. The molecular formula is C53H57NO12S. The van der Waals surface area contributed by atoms with E-state index in [2.05, 4.69) is 5.32 Å². The minimum Gasteiger partial charge on any atom is -0.460 e. The van der Waals surface area contributed by atoms with E-state index in [4.69, 9.17) is 42.6 Å². The van der Waals surface area contributed by atoms with Crippen LogP contribution in [0.2, 0.25) is 0 Å². The molecule has 0 spiro atoms. The van der Waals surface area contributed by atoms with Crippen molar-refractivity contribution in [3.8, 4) is 0 Å². The molecule has 14 heteroatoms. The van der Waals surface area contributed by atoms with Crippen LogP contribution in [-0.2, 0) is 83.4 Å². The maximum absolute atomic E-state index is 14.0.